The second-order valence-electron chi connectivity index (χ2n) is 8.57. The number of halogens is 1. The van der Waals surface area contributed by atoms with Crippen molar-refractivity contribution in [2.75, 3.05) is 0 Å². The molecule has 0 radical (unpaired) electrons. The van der Waals surface area contributed by atoms with Crippen LogP contribution in [0.3, 0.4) is 0 Å². The number of ether oxygens (including phenoxy) is 1. The number of benzene rings is 3. The first-order chi connectivity index (χ1) is 16.5. The van der Waals surface area contributed by atoms with E-state index in [4.69, 9.17) is 16.3 Å². The van der Waals surface area contributed by atoms with Crippen molar-refractivity contribution >= 4 is 22.5 Å². The number of rotatable bonds is 1. The van der Waals surface area contributed by atoms with Crippen LogP contribution in [0.4, 0.5) is 0 Å². The quantitative estimate of drug-likeness (QED) is 0.335. The van der Waals surface area contributed by atoms with Gasteiger partial charge in [-0.25, -0.2) is 9.67 Å². The summed E-state index contributed by atoms with van der Waals surface area (Å²) in [7, 11) is 1.80. The number of hydrogen-bond acceptors (Lipinski definition) is 4. The van der Waals surface area contributed by atoms with Gasteiger partial charge < -0.3 is 9.30 Å². The number of fused-ring (bicyclic) bond motifs is 6. The Hall–Kier alpha value is -3.90. The van der Waals surface area contributed by atoms with Crippen LogP contribution < -0.4 is 10.3 Å². The van der Waals surface area contributed by atoms with Crippen LogP contribution in [0.1, 0.15) is 28.6 Å². The lowest BCUT2D eigenvalue weighted by molar-refractivity contribution is 0.306. The van der Waals surface area contributed by atoms with Gasteiger partial charge in [0.25, 0.3) is 5.56 Å². The normalized spacial score (nSPS) is 14.9. The third kappa shape index (κ3) is 3.38. The number of aromatic nitrogens is 4. The molecule has 1 aliphatic heterocycles. The SMILES string of the molecule is Cc1ncn([C@@H]2c3ccc(Cl)c(c3)COc3cccc(c3)-c3cc(=O)n(C)c4ccc2cc34)n1. The molecule has 1 atom stereocenters. The molecular weight excluding hydrogens is 448 g/mol. The molecule has 6 bridgehead atoms. The summed E-state index contributed by atoms with van der Waals surface area (Å²) >= 11 is 6.54. The van der Waals surface area contributed by atoms with Gasteiger partial charge in [0.2, 0.25) is 0 Å². The summed E-state index contributed by atoms with van der Waals surface area (Å²) in [5.74, 6) is 1.41. The van der Waals surface area contributed by atoms with Crippen LogP contribution in [0.15, 0.2) is 77.9 Å². The second-order valence-corrected chi connectivity index (χ2v) is 8.98. The lowest BCUT2D eigenvalue weighted by Crippen LogP contribution is -2.17. The van der Waals surface area contributed by atoms with Crippen LogP contribution in [-0.2, 0) is 13.7 Å². The van der Waals surface area contributed by atoms with Gasteiger partial charge in [0.1, 0.15) is 30.5 Å². The molecule has 168 valence electrons. The molecule has 7 heteroatoms. The Balaban J connectivity index is 1.71. The van der Waals surface area contributed by atoms with Gasteiger partial charge in [-0.3, -0.25) is 4.79 Å². The molecule has 0 fully saturated rings. The minimum atomic E-state index is -0.226. The van der Waals surface area contributed by atoms with Crippen molar-refractivity contribution in [3.63, 3.8) is 0 Å². The van der Waals surface area contributed by atoms with Crippen molar-refractivity contribution in [1.29, 1.82) is 0 Å². The average molecular weight is 469 g/mol. The molecule has 1 aliphatic rings. The maximum atomic E-state index is 12.8. The fourth-order valence-electron chi connectivity index (χ4n) is 4.66. The third-order valence-electron chi connectivity index (χ3n) is 6.40. The molecule has 34 heavy (non-hydrogen) atoms. The summed E-state index contributed by atoms with van der Waals surface area (Å²) in [6.07, 6.45) is 1.75. The standard InChI is InChI=1S/C27H21ClN4O2/c1-16-29-15-32(30-16)27-18-6-8-24(28)20(10-18)14-34-21-5-3-4-17(11-21)22-13-26(33)31(2)25-9-7-19(27)12-23(22)25/h3-13,15,27H,14H2,1-2H3/t27-/m1/s1. The van der Waals surface area contributed by atoms with Gasteiger partial charge in [-0.05, 0) is 65.6 Å². The van der Waals surface area contributed by atoms with Crippen molar-refractivity contribution in [3.05, 3.63) is 111 Å². The van der Waals surface area contributed by atoms with Gasteiger partial charge in [-0.15, -0.1) is 0 Å². The summed E-state index contributed by atoms with van der Waals surface area (Å²) in [6, 6.07) is 21.5. The van der Waals surface area contributed by atoms with Crippen LogP contribution >= 0.6 is 11.6 Å². The van der Waals surface area contributed by atoms with Gasteiger partial charge >= 0.3 is 0 Å². The number of hydrogen-bond donors (Lipinski definition) is 0. The molecule has 0 N–H and O–H groups in total. The highest BCUT2D eigenvalue weighted by atomic mass is 35.5. The summed E-state index contributed by atoms with van der Waals surface area (Å²) in [4.78, 5) is 17.2. The van der Waals surface area contributed by atoms with Crippen molar-refractivity contribution in [2.24, 2.45) is 7.05 Å². The fourth-order valence-corrected chi connectivity index (χ4v) is 4.83. The van der Waals surface area contributed by atoms with Crippen molar-refractivity contribution in [3.8, 4) is 16.9 Å². The Bertz CT molecular complexity index is 1640. The first-order valence-electron chi connectivity index (χ1n) is 11.0. The summed E-state index contributed by atoms with van der Waals surface area (Å²) < 4.78 is 9.67. The van der Waals surface area contributed by atoms with Gasteiger partial charge in [-0.1, -0.05) is 35.9 Å². The van der Waals surface area contributed by atoms with E-state index in [-0.39, 0.29) is 11.6 Å². The zero-order valence-electron chi connectivity index (χ0n) is 18.7. The molecule has 5 aromatic rings. The number of aryl methyl sites for hydroxylation is 2. The Morgan fingerprint density at radius 3 is 2.68 bits per heavy atom. The number of pyridine rings is 1. The summed E-state index contributed by atoms with van der Waals surface area (Å²) in [5, 5.41) is 6.26. The molecule has 6 nitrogen and oxygen atoms in total. The predicted molar refractivity (Wildman–Crippen MR) is 132 cm³/mol. The van der Waals surface area contributed by atoms with Crippen LogP contribution in [-0.4, -0.2) is 19.3 Å². The van der Waals surface area contributed by atoms with Crippen LogP contribution in [0.5, 0.6) is 5.75 Å². The Kier molecular flexibility index (Phi) is 4.78. The Labute approximate surface area is 201 Å². The molecule has 0 spiro atoms. The highest BCUT2D eigenvalue weighted by Gasteiger charge is 2.22. The van der Waals surface area contributed by atoms with E-state index < -0.39 is 0 Å². The molecule has 6 rings (SSSR count). The molecule has 0 unspecified atom stereocenters. The minimum absolute atomic E-state index is 0.0622. The highest BCUT2D eigenvalue weighted by Crippen LogP contribution is 2.35. The Morgan fingerprint density at radius 1 is 1.03 bits per heavy atom. The predicted octanol–water partition coefficient (Wildman–Crippen LogP) is 5.29. The fraction of sp³-hybridized carbons (Fsp3) is 0.148. The van der Waals surface area contributed by atoms with E-state index >= 15 is 0 Å². The molecule has 3 heterocycles. The topological polar surface area (TPSA) is 61.9 Å². The van der Waals surface area contributed by atoms with E-state index in [2.05, 4.69) is 22.2 Å². The molecule has 0 aliphatic carbocycles. The van der Waals surface area contributed by atoms with Gasteiger partial charge in [0.05, 0.1) is 5.52 Å². The van der Waals surface area contributed by atoms with E-state index in [1.807, 2.05) is 60.1 Å². The molecule has 0 saturated carbocycles. The van der Waals surface area contributed by atoms with Crippen molar-refractivity contribution < 1.29 is 4.74 Å². The Morgan fingerprint density at radius 2 is 1.85 bits per heavy atom. The summed E-state index contributed by atoms with van der Waals surface area (Å²) in [6.45, 7) is 2.20. The first kappa shape index (κ1) is 20.7. The van der Waals surface area contributed by atoms with Gasteiger partial charge in [0.15, 0.2) is 0 Å². The van der Waals surface area contributed by atoms with Crippen LogP contribution in [0, 0.1) is 6.92 Å². The third-order valence-corrected chi connectivity index (χ3v) is 6.77. The van der Waals surface area contributed by atoms with E-state index in [0.717, 1.165) is 38.7 Å². The van der Waals surface area contributed by atoms with Gasteiger partial charge in [-0.2, -0.15) is 5.10 Å². The van der Waals surface area contributed by atoms with E-state index in [9.17, 15) is 4.79 Å². The maximum Gasteiger partial charge on any atom is 0.251 e. The largest absolute Gasteiger partial charge is 0.489 e. The molecule has 3 aromatic carbocycles. The van der Waals surface area contributed by atoms with E-state index in [0.29, 0.717) is 23.2 Å². The lowest BCUT2D eigenvalue weighted by atomic mass is 9.93. The number of nitrogens with zero attached hydrogens (tertiary/aromatic N) is 4. The van der Waals surface area contributed by atoms with Crippen LogP contribution in [0.25, 0.3) is 22.0 Å². The van der Waals surface area contributed by atoms with E-state index in [1.165, 1.54) is 0 Å². The molecule has 0 amide bonds. The first-order valence-corrected chi connectivity index (χ1v) is 11.4. The van der Waals surface area contributed by atoms with E-state index in [1.54, 1.807) is 24.0 Å². The van der Waals surface area contributed by atoms with Crippen LogP contribution in [0.2, 0.25) is 5.02 Å². The smallest absolute Gasteiger partial charge is 0.251 e. The highest BCUT2D eigenvalue weighted by molar-refractivity contribution is 6.31. The average Bonchev–Trinajstić information content (AvgIpc) is 3.27. The molecule has 0 saturated heterocycles. The van der Waals surface area contributed by atoms with Crippen molar-refractivity contribution in [1.82, 2.24) is 19.3 Å². The van der Waals surface area contributed by atoms with Crippen molar-refractivity contribution in [2.45, 2.75) is 19.6 Å². The van der Waals surface area contributed by atoms with Gasteiger partial charge in [0, 0.05) is 29.1 Å². The monoisotopic (exact) mass is 468 g/mol. The lowest BCUT2D eigenvalue weighted by Gasteiger charge is -2.21. The minimum Gasteiger partial charge on any atom is -0.489 e. The zero-order valence-corrected chi connectivity index (χ0v) is 19.5. The second kappa shape index (κ2) is 7.85. The zero-order chi connectivity index (χ0) is 23.4. The maximum absolute atomic E-state index is 12.8. The molecular formula is C27H21ClN4O2. The summed E-state index contributed by atoms with van der Waals surface area (Å²) in [5.41, 5.74) is 5.51. The molecule has 2 aromatic heterocycles.